The van der Waals surface area contributed by atoms with Crippen molar-refractivity contribution in [1.82, 2.24) is 15.2 Å². The molecule has 0 bridgehead atoms. The SMILES string of the molecule is Cc1ncc(-c2ccc(C)c(C(=NCC3=CN3)C(=O)Nc3ccc(OC4CCN(C)CC4)cc3)c2)s1. The number of aryl methyl sites for hydroxylation is 2. The first-order valence-electron chi connectivity index (χ1n) is 12.2. The molecule has 0 unspecified atom stereocenters. The minimum Gasteiger partial charge on any atom is -0.490 e. The highest BCUT2D eigenvalue weighted by atomic mass is 32.1. The van der Waals surface area contributed by atoms with E-state index in [1.807, 2.05) is 62.6 Å². The highest BCUT2D eigenvalue weighted by molar-refractivity contribution is 7.15. The van der Waals surface area contributed by atoms with E-state index in [1.165, 1.54) is 0 Å². The lowest BCUT2D eigenvalue weighted by atomic mass is 9.99. The number of aliphatic imine (C=N–C) groups is 1. The van der Waals surface area contributed by atoms with Gasteiger partial charge < -0.3 is 20.3 Å². The van der Waals surface area contributed by atoms with Crippen LogP contribution in [0.25, 0.3) is 10.4 Å². The molecule has 0 radical (unpaired) electrons. The number of thiazole rings is 1. The number of nitrogens with zero attached hydrogens (tertiary/aromatic N) is 3. The molecule has 1 saturated heterocycles. The van der Waals surface area contributed by atoms with Gasteiger partial charge in [0.05, 0.1) is 22.1 Å². The number of hydrogen-bond acceptors (Lipinski definition) is 7. The molecule has 0 saturated carbocycles. The van der Waals surface area contributed by atoms with E-state index in [4.69, 9.17) is 4.74 Å². The number of aromatic nitrogens is 1. The molecule has 1 amide bonds. The van der Waals surface area contributed by atoms with Crippen molar-refractivity contribution in [3.63, 3.8) is 0 Å². The molecule has 5 rings (SSSR count). The minimum absolute atomic E-state index is 0.235. The Morgan fingerprint density at radius 1 is 1.19 bits per heavy atom. The Morgan fingerprint density at radius 3 is 2.61 bits per heavy atom. The summed E-state index contributed by atoms with van der Waals surface area (Å²) >= 11 is 1.64. The van der Waals surface area contributed by atoms with E-state index >= 15 is 0 Å². The van der Waals surface area contributed by atoms with Crippen LogP contribution in [0, 0.1) is 13.8 Å². The Kier molecular flexibility index (Phi) is 7.16. The molecular weight excluding hydrogens is 470 g/mol. The maximum Gasteiger partial charge on any atom is 0.274 e. The quantitative estimate of drug-likeness (QED) is 0.434. The summed E-state index contributed by atoms with van der Waals surface area (Å²) in [4.78, 5) is 25.9. The fourth-order valence-corrected chi connectivity index (χ4v) is 4.99. The number of rotatable bonds is 8. The third kappa shape index (κ3) is 6.01. The van der Waals surface area contributed by atoms with Gasteiger partial charge >= 0.3 is 0 Å². The van der Waals surface area contributed by atoms with Crippen molar-refractivity contribution in [2.75, 3.05) is 32.0 Å². The van der Waals surface area contributed by atoms with Gasteiger partial charge in [0.1, 0.15) is 17.6 Å². The fraction of sp³-hybridized carbons (Fsp3) is 0.321. The van der Waals surface area contributed by atoms with Crippen LogP contribution in [0.5, 0.6) is 5.75 Å². The summed E-state index contributed by atoms with van der Waals surface area (Å²) in [5, 5.41) is 7.09. The summed E-state index contributed by atoms with van der Waals surface area (Å²) in [7, 11) is 2.14. The topological polar surface area (TPSA) is 88.8 Å². The Morgan fingerprint density at radius 2 is 1.94 bits per heavy atom. The number of anilines is 1. The Hall–Kier alpha value is -3.49. The van der Waals surface area contributed by atoms with Crippen molar-refractivity contribution < 1.29 is 9.53 Å². The van der Waals surface area contributed by atoms with Crippen molar-refractivity contribution in [2.45, 2.75) is 32.8 Å². The largest absolute Gasteiger partial charge is 0.490 e. The summed E-state index contributed by atoms with van der Waals surface area (Å²) in [5.74, 6) is 0.590. The third-order valence-corrected chi connectivity index (χ3v) is 7.41. The number of benzene rings is 2. The highest BCUT2D eigenvalue weighted by Gasteiger charge is 2.20. The lowest BCUT2D eigenvalue weighted by Crippen LogP contribution is -2.35. The molecule has 2 aromatic carbocycles. The molecule has 3 aromatic rings. The van der Waals surface area contributed by atoms with Crippen LogP contribution in [0.3, 0.4) is 0 Å². The molecule has 8 heteroatoms. The smallest absolute Gasteiger partial charge is 0.274 e. The Balaban J connectivity index is 1.33. The Labute approximate surface area is 215 Å². The van der Waals surface area contributed by atoms with Crippen molar-refractivity contribution >= 4 is 28.6 Å². The number of carbonyl (C=O) groups is 1. The first kappa shape index (κ1) is 24.2. The number of nitrogens with one attached hydrogen (secondary N) is 2. The number of ether oxygens (including phenoxy) is 1. The number of likely N-dealkylation sites (tertiary alicyclic amines) is 1. The lowest BCUT2D eigenvalue weighted by molar-refractivity contribution is -0.110. The zero-order valence-electron chi connectivity index (χ0n) is 20.9. The van der Waals surface area contributed by atoms with Gasteiger partial charge in [-0.1, -0.05) is 12.1 Å². The van der Waals surface area contributed by atoms with Crippen LogP contribution in [-0.4, -0.2) is 54.3 Å². The zero-order chi connectivity index (χ0) is 25.1. The third-order valence-electron chi connectivity index (χ3n) is 6.45. The van der Waals surface area contributed by atoms with E-state index in [-0.39, 0.29) is 12.0 Å². The van der Waals surface area contributed by atoms with Crippen LogP contribution in [0.15, 0.2) is 65.6 Å². The number of hydrogen-bond donors (Lipinski definition) is 2. The summed E-state index contributed by atoms with van der Waals surface area (Å²) in [6, 6.07) is 13.7. The van der Waals surface area contributed by atoms with Gasteiger partial charge in [-0.05, 0) is 75.2 Å². The molecule has 1 fully saturated rings. The molecule has 0 atom stereocenters. The van der Waals surface area contributed by atoms with Crippen LogP contribution < -0.4 is 15.4 Å². The molecule has 2 N–H and O–H groups in total. The molecule has 0 spiro atoms. The van der Waals surface area contributed by atoms with Crippen LogP contribution in [0.2, 0.25) is 0 Å². The van der Waals surface area contributed by atoms with E-state index in [9.17, 15) is 4.79 Å². The molecule has 2 aliphatic rings. The molecule has 36 heavy (non-hydrogen) atoms. The van der Waals surface area contributed by atoms with Gasteiger partial charge in [0.2, 0.25) is 0 Å². The highest BCUT2D eigenvalue weighted by Crippen LogP contribution is 2.28. The zero-order valence-corrected chi connectivity index (χ0v) is 21.7. The second kappa shape index (κ2) is 10.6. The molecule has 1 aromatic heterocycles. The minimum atomic E-state index is -0.235. The van der Waals surface area contributed by atoms with Crippen molar-refractivity contribution in [2.24, 2.45) is 4.99 Å². The van der Waals surface area contributed by atoms with Gasteiger partial charge in [-0.3, -0.25) is 9.79 Å². The number of carbonyl (C=O) groups excluding carboxylic acids is 1. The average Bonchev–Trinajstić information content (AvgIpc) is 3.60. The molecule has 7 nitrogen and oxygen atoms in total. The second-order valence-electron chi connectivity index (χ2n) is 9.35. The van der Waals surface area contributed by atoms with Gasteiger partial charge in [0.15, 0.2) is 0 Å². The van der Waals surface area contributed by atoms with E-state index in [0.717, 1.165) is 64.0 Å². The average molecular weight is 502 g/mol. The summed E-state index contributed by atoms with van der Waals surface area (Å²) < 4.78 is 6.14. The van der Waals surface area contributed by atoms with Crippen LogP contribution >= 0.6 is 11.3 Å². The predicted molar refractivity (Wildman–Crippen MR) is 146 cm³/mol. The first-order chi connectivity index (χ1) is 17.4. The van der Waals surface area contributed by atoms with Gasteiger partial charge in [-0.15, -0.1) is 11.3 Å². The molecule has 0 aliphatic carbocycles. The normalized spacial score (nSPS) is 16.3. The first-order valence-corrected chi connectivity index (χ1v) is 13.1. The molecule has 2 aliphatic heterocycles. The van der Waals surface area contributed by atoms with Gasteiger partial charge in [0, 0.05) is 36.7 Å². The van der Waals surface area contributed by atoms with Crippen LogP contribution in [-0.2, 0) is 4.79 Å². The standard InChI is InChI=1S/C28H31N5O2S/c1-18-4-5-20(26-17-29-19(2)36-26)14-25(18)27(31-16-22-15-30-22)28(34)32-21-6-8-23(9-7-21)35-24-10-12-33(3)13-11-24/h4-9,14-15,17,24,30H,10-13,16H2,1-3H3,(H,32,34). The fourth-order valence-electron chi connectivity index (χ4n) is 4.21. The van der Waals surface area contributed by atoms with Gasteiger partial charge in [0.25, 0.3) is 5.91 Å². The maximum atomic E-state index is 13.5. The van der Waals surface area contributed by atoms with E-state index in [1.54, 1.807) is 11.3 Å². The number of piperidine rings is 1. The number of amides is 1. The van der Waals surface area contributed by atoms with Crippen molar-refractivity contribution in [1.29, 1.82) is 0 Å². The van der Waals surface area contributed by atoms with E-state index < -0.39 is 0 Å². The molecule has 186 valence electrons. The summed E-state index contributed by atoms with van der Waals surface area (Å²) in [5.41, 5.74) is 4.98. The summed E-state index contributed by atoms with van der Waals surface area (Å²) in [6.07, 6.45) is 6.06. The maximum absolute atomic E-state index is 13.5. The lowest BCUT2D eigenvalue weighted by Gasteiger charge is -2.29. The van der Waals surface area contributed by atoms with E-state index in [2.05, 4.69) is 38.6 Å². The molecule has 3 heterocycles. The molecular formula is C28H31N5O2S. The second-order valence-corrected chi connectivity index (χ2v) is 10.6. The Bertz CT molecular complexity index is 1300. The van der Waals surface area contributed by atoms with Crippen LogP contribution in [0.4, 0.5) is 5.69 Å². The van der Waals surface area contributed by atoms with E-state index in [0.29, 0.717) is 17.9 Å². The monoisotopic (exact) mass is 501 g/mol. The van der Waals surface area contributed by atoms with Crippen LogP contribution in [0.1, 0.15) is 29.0 Å². The van der Waals surface area contributed by atoms with Crippen molar-refractivity contribution in [3.8, 4) is 16.2 Å². The summed E-state index contributed by atoms with van der Waals surface area (Å²) in [6.45, 7) is 6.54. The predicted octanol–water partition coefficient (Wildman–Crippen LogP) is 4.77. The van der Waals surface area contributed by atoms with Gasteiger partial charge in [-0.25, -0.2) is 4.98 Å². The van der Waals surface area contributed by atoms with Crippen molar-refractivity contribution in [3.05, 3.63) is 76.7 Å². The van der Waals surface area contributed by atoms with Gasteiger partial charge in [-0.2, -0.15) is 0 Å².